The van der Waals surface area contributed by atoms with Crippen LogP contribution in [0.3, 0.4) is 0 Å². The lowest BCUT2D eigenvalue weighted by molar-refractivity contribution is -0.440. The van der Waals surface area contributed by atoms with E-state index in [4.69, 9.17) is 21.1 Å². The van der Waals surface area contributed by atoms with Gasteiger partial charge in [0.25, 0.3) is 0 Å². The number of rotatable bonds is 11. The molecule has 1 atom stereocenters. The molecule has 1 unspecified atom stereocenters. The Balaban J connectivity index is 2.30. The molecule has 0 aliphatic carbocycles. The van der Waals surface area contributed by atoms with Gasteiger partial charge in [-0.25, -0.2) is 14.6 Å². The smallest absolute Gasteiger partial charge is 0.460 e. The van der Waals surface area contributed by atoms with Crippen molar-refractivity contribution < 1.29 is 76.1 Å². The zero-order valence-electron chi connectivity index (χ0n) is 22.3. The van der Waals surface area contributed by atoms with E-state index in [9.17, 15) is 66.7 Å². The average molecular weight is 683 g/mol. The van der Waals surface area contributed by atoms with Crippen LogP contribution in [0, 0.1) is 0 Å². The molecule has 0 saturated heterocycles. The maximum absolute atomic E-state index is 14.1. The van der Waals surface area contributed by atoms with Crippen LogP contribution in [0.4, 0.5) is 57.1 Å². The van der Waals surface area contributed by atoms with Crippen LogP contribution in [0.2, 0.25) is 5.15 Å². The molecular weight excluding hydrogens is 663 g/mol. The van der Waals surface area contributed by atoms with E-state index in [0.29, 0.717) is 0 Å². The largest absolute Gasteiger partial charge is 0.466 e. The molecule has 0 bridgehead atoms. The van der Waals surface area contributed by atoms with Gasteiger partial charge in [-0.2, -0.15) is 57.1 Å². The molecule has 0 aromatic carbocycles. The van der Waals surface area contributed by atoms with E-state index in [1.807, 2.05) is 0 Å². The molecule has 20 heteroatoms. The van der Waals surface area contributed by atoms with Crippen molar-refractivity contribution in [3.05, 3.63) is 51.6 Å². The SMILES string of the molecule is COC(=O)C1=C(C)NC(C)=C(C(=O)OCCCC(F)(F)C(F)(F)C(F)(F)C(F)(F)C(F)(F)C(F)(F)F)C1c1cccnc1Cl. The molecule has 2 rings (SSSR count). The molecule has 0 saturated carbocycles. The minimum Gasteiger partial charge on any atom is -0.466 e. The van der Waals surface area contributed by atoms with Gasteiger partial charge in [-0.1, -0.05) is 17.7 Å². The molecule has 1 aromatic heterocycles. The van der Waals surface area contributed by atoms with Gasteiger partial charge in [0.1, 0.15) is 5.15 Å². The highest BCUT2D eigenvalue weighted by atomic mass is 35.5. The first kappa shape index (κ1) is 36.9. The minimum absolute atomic E-state index is 0.00518. The first-order valence-electron chi connectivity index (χ1n) is 11.8. The monoisotopic (exact) mass is 682 g/mol. The first-order chi connectivity index (χ1) is 19.8. The number of carbonyl (C=O) groups is 2. The number of hydrogen-bond acceptors (Lipinski definition) is 6. The molecule has 6 nitrogen and oxygen atoms in total. The number of hydrogen-bond donors (Lipinski definition) is 1. The number of aromatic nitrogens is 1. The molecular formula is C24H20ClF13N2O4. The van der Waals surface area contributed by atoms with Crippen molar-refractivity contribution in [3.63, 3.8) is 0 Å². The highest BCUT2D eigenvalue weighted by molar-refractivity contribution is 6.30. The summed E-state index contributed by atoms with van der Waals surface area (Å²) in [4.78, 5) is 29.3. The summed E-state index contributed by atoms with van der Waals surface area (Å²) in [7, 11) is 0.993. The summed E-state index contributed by atoms with van der Waals surface area (Å²) in [5, 5.41) is 2.44. The number of methoxy groups -OCH3 is 1. The fourth-order valence-corrected chi connectivity index (χ4v) is 4.29. The Morgan fingerprint density at radius 2 is 1.34 bits per heavy atom. The second kappa shape index (κ2) is 12.3. The van der Waals surface area contributed by atoms with E-state index in [2.05, 4.69) is 10.3 Å². The fourth-order valence-electron chi connectivity index (χ4n) is 4.07. The lowest BCUT2D eigenvalue weighted by atomic mass is 9.81. The van der Waals surface area contributed by atoms with Gasteiger partial charge in [0.05, 0.1) is 30.8 Å². The normalized spacial score (nSPS) is 17.4. The van der Waals surface area contributed by atoms with Gasteiger partial charge in [-0.05, 0) is 26.3 Å². The molecule has 0 spiro atoms. The van der Waals surface area contributed by atoms with Crippen molar-refractivity contribution >= 4 is 23.5 Å². The number of alkyl halides is 13. The molecule has 1 aliphatic heterocycles. The quantitative estimate of drug-likeness (QED) is 0.115. The van der Waals surface area contributed by atoms with Crippen LogP contribution in [0.15, 0.2) is 40.9 Å². The lowest BCUT2D eigenvalue weighted by Gasteiger charge is -2.39. The number of nitrogens with one attached hydrogen (secondary N) is 1. The van der Waals surface area contributed by atoms with Crippen LogP contribution in [-0.4, -0.2) is 66.4 Å². The third-order valence-electron chi connectivity index (χ3n) is 6.35. The van der Waals surface area contributed by atoms with Crippen molar-refractivity contribution in [1.82, 2.24) is 10.3 Å². The maximum Gasteiger partial charge on any atom is 0.460 e. The van der Waals surface area contributed by atoms with Crippen molar-refractivity contribution in [2.24, 2.45) is 0 Å². The van der Waals surface area contributed by atoms with Gasteiger partial charge in [0.2, 0.25) is 0 Å². The molecule has 248 valence electrons. The summed E-state index contributed by atoms with van der Waals surface area (Å²) in [6, 6.07) is 2.70. The molecule has 0 amide bonds. The predicted octanol–water partition coefficient (Wildman–Crippen LogP) is 7.21. The predicted molar refractivity (Wildman–Crippen MR) is 124 cm³/mol. The number of nitrogens with zero attached hydrogens (tertiary/aromatic N) is 1. The van der Waals surface area contributed by atoms with Crippen molar-refractivity contribution in [2.45, 2.75) is 68.4 Å². The molecule has 1 aromatic rings. The number of dihydropyridines is 1. The summed E-state index contributed by atoms with van der Waals surface area (Å²) in [6.07, 6.45) is -10.3. The highest BCUT2D eigenvalue weighted by Gasteiger charge is 2.90. The standard InChI is InChI=1S/C24H20ClF13N2O4/c1-10-13(17(41)43-3)15(12-6-4-8-39-16(12)25)14(11(2)40-10)18(42)44-9-5-7-19(26,27)20(28,29)21(30,31)22(32,33)23(34,35)24(36,37)38/h4,6,8,15,40H,5,7,9H2,1-3H3. The van der Waals surface area contributed by atoms with E-state index in [1.54, 1.807) is 0 Å². The average Bonchev–Trinajstić information content (AvgIpc) is 2.89. The maximum atomic E-state index is 14.1. The molecule has 0 radical (unpaired) electrons. The van der Waals surface area contributed by atoms with Crippen molar-refractivity contribution in [1.29, 1.82) is 0 Å². The van der Waals surface area contributed by atoms with E-state index < -0.39 is 78.7 Å². The third-order valence-corrected chi connectivity index (χ3v) is 6.67. The van der Waals surface area contributed by atoms with Crippen LogP contribution in [0.1, 0.15) is 38.2 Å². The highest BCUT2D eigenvalue weighted by Crippen LogP contribution is 2.60. The van der Waals surface area contributed by atoms with Crippen LogP contribution in [0.25, 0.3) is 0 Å². The third kappa shape index (κ3) is 6.15. The number of ether oxygens (including phenoxy) is 2. The van der Waals surface area contributed by atoms with E-state index >= 15 is 0 Å². The molecule has 1 aliphatic rings. The Labute approximate surface area is 244 Å². The lowest BCUT2D eigenvalue weighted by Crippen LogP contribution is -2.70. The second-order valence-electron chi connectivity index (χ2n) is 9.25. The number of esters is 2. The van der Waals surface area contributed by atoms with Gasteiger partial charge in [-0.3, -0.25) is 0 Å². The van der Waals surface area contributed by atoms with Gasteiger partial charge in [0.15, 0.2) is 0 Å². The molecule has 44 heavy (non-hydrogen) atoms. The zero-order chi connectivity index (χ0) is 34.3. The summed E-state index contributed by atoms with van der Waals surface area (Å²) < 4.78 is 182. The summed E-state index contributed by atoms with van der Waals surface area (Å²) in [5.74, 6) is -41.3. The Morgan fingerprint density at radius 3 is 1.82 bits per heavy atom. The number of allylic oxidation sites excluding steroid dienone is 2. The number of carbonyl (C=O) groups excluding carboxylic acids is 2. The second-order valence-corrected chi connectivity index (χ2v) is 9.61. The van der Waals surface area contributed by atoms with Gasteiger partial charge < -0.3 is 14.8 Å². The van der Waals surface area contributed by atoms with Crippen molar-refractivity contribution in [2.75, 3.05) is 13.7 Å². The molecule has 2 heterocycles. The summed E-state index contributed by atoms with van der Waals surface area (Å²) in [5.41, 5.74) is -0.430. The zero-order valence-corrected chi connectivity index (χ0v) is 23.1. The van der Waals surface area contributed by atoms with E-state index in [0.717, 1.165) is 7.11 Å². The first-order valence-corrected chi connectivity index (χ1v) is 12.2. The van der Waals surface area contributed by atoms with Crippen LogP contribution in [0.5, 0.6) is 0 Å². The molecule has 0 fully saturated rings. The minimum atomic E-state index is -8.01. The van der Waals surface area contributed by atoms with Crippen molar-refractivity contribution in [3.8, 4) is 0 Å². The van der Waals surface area contributed by atoms with Gasteiger partial charge >= 0.3 is 47.7 Å². The van der Waals surface area contributed by atoms with Crippen LogP contribution < -0.4 is 5.32 Å². The topological polar surface area (TPSA) is 77.5 Å². The van der Waals surface area contributed by atoms with E-state index in [-0.39, 0.29) is 27.7 Å². The Bertz CT molecular complexity index is 1340. The van der Waals surface area contributed by atoms with Gasteiger partial charge in [-0.15, -0.1) is 0 Å². The molecule has 1 N–H and O–H groups in total. The van der Waals surface area contributed by atoms with Gasteiger partial charge in [0, 0.05) is 29.6 Å². The Hall–Kier alpha value is -3.25. The number of halogens is 14. The summed E-state index contributed by atoms with van der Waals surface area (Å²) >= 11 is 6.12. The van der Waals surface area contributed by atoms with E-state index in [1.165, 1.54) is 32.2 Å². The van der Waals surface area contributed by atoms with Crippen LogP contribution >= 0.6 is 11.6 Å². The van der Waals surface area contributed by atoms with Crippen LogP contribution in [-0.2, 0) is 19.1 Å². The Kier molecular flexibility index (Phi) is 10.3. The Morgan fingerprint density at radius 1 is 0.841 bits per heavy atom. The fraction of sp³-hybridized carbons (Fsp3) is 0.542. The summed E-state index contributed by atoms with van der Waals surface area (Å²) in [6.45, 7) is 1.38. The number of pyridine rings is 1.